The van der Waals surface area contributed by atoms with Gasteiger partial charge in [0, 0.05) is 5.56 Å². The molecular weight excluding hydrogens is 293 g/mol. The maximum Gasteiger partial charge on any atom is 0.156 e. The first-order chi connectivity index (χ1) is 9.87. The van der Waals surface area contributed by atoms with Crippen LogP contribution in [0.3, 0.4) is 0 Å². The van der Waals surface area contributed by atoms with E-state index < -0.39 is 31.8 Å². The zero-order chi connectivity index (χ0) is 15.3. The predicted octanol–water partition coefficient (Wildman–Crippen LogP) is 1.82. The minimum absolute atomic E-state index is 0.0685. The van der Waals surface area contributed by atoms with Crippen LogP contribution in [0.4, 0.5) is 4.39 Å². The fourth-order valence-electron chi connectivity index (χ4n) is 3.57. The van der Waals surface area contributed by atoms with E-state index in [1.807, 2.05) is 6.07 Å². The van der Waals surface area contributed by atoms with Gasteiger partial charge in [-0.3, -0.25) is 0 Å². The lowest BCUT2D eigenvalue weighted by Gasteiger charge is -2.36. The van der Waals surface area contributed by atoms with Gasteiger partial charge in [-0.05, 0) is 43.4 Å². The number of rotatable bonds is 2. The summed E-state index contributed by atoms with van der Waals surface area (Å²) in [6.45, 7) is 0. The number of benzene rings is 1. The van der Waals surface area contributed by atoms with Crippen molar-refractivity contribution in [2.24, 2.45) is 0 Å². The van der Waals surface area contributed by atoms with Crippen LogP contribution in [0, 0.1) is 17.1 Å². The van der Waals surface area contributed by atoms with Crippen molar-refractivity contribution in [3.05, 3.63) is 35.1 Å². The van der Waals surface area contributed by atoms with Gasteiger partial charge >= 0.3 is 0 Å². The number of hydrogen-bond acceptors (Lipinski definition) is 4. The molecule has 2 heterocycles. The number of nitriles is 1. The average Bonchev–Trinajstić information content (AvgIpc) is 2.62. The van der Waals surface area contributed by atoms with Crippen molar-refractivity contribution in [1.82, 2.24) is 0 Å². The average molecular weight is 309 g/mol. The molecule has 2 bridgehead atoms. The Balaban J connectivity index is 1.98. The van der Waals surface area contributed by atoms with Gasteiger partial charge in [0.1, 0.15) is 5.82 Å². The summed E-state index contributed by atoms with van der Waals surface area (Å²) in [4.78, 5) is 0. The third-order valence-electron chi connectivity index (χ3n) is 4.72. The Hall–Kier alpha value is -1.45. The molecule has 6 heteroatoms. The van der Waals surface area contributed by atoms with Crippen molar-refractivity contribution < 1.29 is 17.9 Å². The molecule has 2 unspecified atom stereocenters. The molecule has 21 heavy (non-hydrogen) atoms. The van der Waals surface area contributed by atoms with Crippen molar-refractivity contribution in [1.29, 1.82) is 5.26 Å². The molecule has 2 aliphatic rings. The zero-order valence-corrected chi connectivity index (χ0v) is 12.2. The van der Waals surface area contributed by atoms with E-state index in [1.54, 1.807) is 0 Å². The SMILES string of the molecule is N#CCc1cc(C2(O)CC3CCC(C2)S3(=O)=O)ccc1F. The smallest absolute Gasteiger partial charge is 0.156 e. The zero-order valence-electron chi connectivity index (χ0n) is 11.4. The summed E-state index contributed by atoms with van der Waals surface area (Å²) in [5.41, 5.74) is -0.486. The van der Waals surface area contributed by atoms with Gasteiger partial charge in [0.2, 0.25) is 0 Å². The molecule has 0 aliphatic carbocycles. The molecular formula is C15H16FNO3S. The fraction of sp³-hybridized carbons (Fsp3) is 0.533. The highest BCUT2D eigenvalue weighted by molar-refractivity contribution is 7.93. The maximum atomic E-state index is 13.6. The topological polar surface area (TPSA) is 78.2 Å². The van der Waals surface area contributed by atoms with E-state index in [9.17, 15) is 17.9 Å². The van der Waals surface area contributed by atoms with Gasteiger partial charge in [0.25, 0.3) is 0 Å². The molecule has 0 saturated carbocycles. The molecule has 1 aromatic rings. The highest BCUT2D eigenvalue weighted by atomic mass is 32.2. The molecule has 2 aliphatic heterocycles. The Morgan fingerprint density at radius 1 is 1.33 bits per heavy atom. The Morgan fingerprint density at radius 2 is 1.95 bits per heavy atom. The van der Waals surface area contributed by atoms with Gasteiger partial charge in [0.15, 0.2) is 9.84 Å². The summed E-state index contributed by atoms with van der Waals surface area (Å²) in [6, 6.07) is 6.12. The molecule has 1 N–H and O–H groups in total. The van der Waals surface area contributed by atoms with Crippen LogP contribution in [-0.2, 0) is 21.9 Å². The van der Waals surface area contributed by atoms with Crippen molar-refractivity contribution in [3.8, 4) is 6.07 Å². The Labute approximate surface area is 123 Å². The molecule has 0 radical (unpaired) electrons. The predicted molar refractivity (Wildman–Crippen MR) is 74.6 cm³/mol. The van der Waals surface area contributed by atoms with Crippen LogP contribution in [-0.4, -0.2) is 24.0 Å². The second kappa shape index (κ2) is 4.79. The van der Waals surface area contributed by atoms with Crippen molar-refractivity contribution in [3.63, 3.8) is 0 Å². The first-order valence-electron chi connectivity index (χ1n) is 6.98. The Kier molecular flexibility index (Phi) is 3.30. The summed E-state index contributed by atoms with van der Waals surface area (Å²) >= 11 is 0. The van der Waals surface area contributed by atoms with Crippen LogP contribution in [0.1, 0.15) is 36.8 Å². The fourth-order valence-corrected chi connectivity index (χ4v) is 6.06. The second-order valence-electron chi connectivity index (χ2n) is 5.99. The summed E-state index contributed by atoms with van der Waals surface area (Å²) in [5, 5.41) is 18.6. The number of aliphatic hydroxyl groups is 1. The van der Waals surface area contributed by atoms with Crippen molar-refractivity contribution >= 4 is 9.84 Å². The van der Waals surface area contributed by atoms with E-state index in [1.165, 1.54) is 18.2 Å². The molecule has 112 valence electrons. The minimum atomic E-state index is -3.12. The third kappa shape index (κ3) is 2.25. The van der Waals surface area contributed by atoms with Gasteiger partial charge < -0.3 is 5.11 Å². The lowest BCUT2D eigenvalue weighted by atomic mass is 9.85. The minimum Gasteiger partial charge on any atom is -0.385 e. The van der Waals surface area contributed by atoms with E-state index in [2.05, 4.69) is 0 Å². The molecule has 1 aromatic carbocycles. The lowest BCUT2D eigenvalue weighted by molar-refractivity contribution is 0.0172. The maximum absolute atomic E-state index is 13.6. The molecule has 0 aromatic heterocycles. The van der Waals surface area contributed by atoms with Crippen LogP contribution < -0.4 is 0 Å². The molecule has 2 saturated heterocycles. The normalized spacial score (nSPS) is 33.6. The van der Waals surface area contributed by atoms with Crippen LogP contribution in [0.2, 0.25) is 0 Å². The molecule has 2 fully saturated rings. The molecule has 4 nitrogen and oxygen atoms in total. The van der Waals surface area contributed by atoms with Gasteiger partial charge in [-0.25, -0.2) is 12.8 Å². The largest absolute Gasteiger partial charge is 0.385 e. The number of nitrogens with zero attached hydrogens (tertiary/aromatic N) is 1. The van der Waals surface area contributed by atoms with E-state index in [0.717, 1.165) is 0 Å². The van der Waals surface area contributed by atoms with E-state index >= 15 is 0 Å². The summed E-state index contributed by atoms with van der Waals surface area (Å²) < 4.78 is 37.8. The van der Waals surface area contributed by atoms with Gasteiger partial charge in [0.05, 0.1) is 28.6 Å². The van der Waals surface area contributed by atoms with Crippen molar-refractivity contribution in [2.45, 2.75) is 48.2 Å². The number of fused-ring (bicyclic) bond motifs is 2. The third-order valence-corrected chi connectivity index (χ3v) is 7.39. The highest BCUT2D eigenvalue weighted by Crippen LogP contribution is 2.47. The molecule has 3 rings (SSSR count). The monoisotopic (exact) mass is 309 g/mol. The highest BCUT2D eigenvalue weighted by Gasteiger charge is 2.53. The first-order valence-corrected chi connectivity index (χ1v) is 8.59. The first kappa shape index (κ1) is 14.5. The number of halogens is 1. The number of hydrogen-bond donors (Lipinski definition) is 1. The van der Waals surface area contributed by atoms with Gasteiger partial charge in [-0.15, -0.1) is 0 Å². The lowest BCUT2D eigenvalue weighted by Crippen LogP contribution is -2.43. The van der Waals surface area contributed by atoms with Crippen LogP contribution in [0.5, 0.6) is 0 Å². The Bertz CT molecular complexity index is 703. The van der Waals surface area contributed by atoms with Crippen LogP contribution in [0.25, 0.3) is 0 Å². The quantitative estimate of drug-likeness (QED) is 0.904. The van der Waals surface area contributed by atoms with E-state index in [4.69, 9.17) is 5.26 Å². The standard InChI is InChI=1S/C15H16FNO3S/c16-14-4-1-11(7-10(14)5-6-17)15(18)8-12-2-3-13(9-15)21(12,19)20/h1,4,7,12-13,18H,2-3,5,8-9H2. The summed E-state index contributed by atoms with van der Waals surface area (Å²) in [7, 11) is -3.12. The van der Waals surface area contributed by atoms with Crippen LogP contribution in [0.15, 0.2) is 18.2 Å². The van der Waals surface area contributed by atoms with E-state index in [0.29, 0.717) is 18.4 Å². The van der Waals surface area contributed by atoms with Crippen molar-refractivity contribution in [2.75, 3.05) is 0 Å². The summed E-state index contributed by atoms with van der Waals surface area (Å²) in [6.07, 6.45) is 1.41. The molecule has 0 amide bonds. The molecule has 0 spiro atoms. The molecule has 2 atom stereocenters. The Morgan fingerprint density at radius 3 is 2.52 bits per heavy atom. The van der Waals surface area contributed by atoms with Crippen LogP contribution >= 0.6 is 0 Å². The number of sulfone groups is 1. The van der Waals surface area contributed by atoms with Gasteiger partial charge in [-0.2, -0.15) is 5.26 Å². The second-order valence-corrected chi connectivity index (χ2v) is 8.50. The summed E-state index contributed by atoms with van der Waals surface area (Å²) in [5.74, 6) is -0.477. The van der Waals surface area contributed by atoms with Gasteiger partial charge in [-0.1, -0.05) is 6.07 Å². The van der Waals surface area contributed by atoms with E-state index in [-0.39, 0.29) is 24.8 Å².